The van der Waals surface area contributed by atoms with Crippen LogP contribution in [0.15, 0.2) is 0 Å². The van der Waals surface area contributed by atoms with E-state index in [4.69, 9.17) is 4.74 Å². The molecule has 1 fully saturated rings. The van der Waals surface area contributed by atoms with Crippen LogP contribution in [0.3, 0.4) is 0 Å². The molecule has 0 aromatic heterocycles. The van der Waals surface area contributed by atoms with Crippen molar-refractivity contribution in [2.45, 2.75) is 83.3 Å². The van der Waals surface area contributed by atoms with Crippen LogP contribution in [0.5, 0.6) is 0 Å². The molecule has 1 unspecified atom stereocenters. The third-order valence-electron chi connectivity index (χ3n) is 4.66. The van der Waals surface area contributed by atoms with Crippen molar-refractivity contribution in [3.8, 4) is 0 Å². The normalized spacial score (nSPS) is 20.3. The highest BCUT2D eigenvalue weighted by Gasteiger charge is 2.35. The first-order valence-electron chi connectivity index (χ1n) is 8.45. The van der Waals surface area contributed by atoms with Crippen molar-refractivity contribution >= 4 is 5.97 Å². The average Bonchev–Trinajstić information content (AvgIpc) is 2.72. The molecule has 1 N–H and O–H groups in total. The summed E-state index contributed by atoms with van der Waals surface area (Å²) in [6, 6.07) is 0.936. The maximum atomic E-state index is 12.1. The summed E-state index contributed by atoms with van der Waals surface area (Å²) in [5.41, 5.74) is -0.595. The molecule has 1 saturated carbocycles. The molecule has 124 valence electrons. The fourth-order valence-electron chi connectivity index (χ4n) is 3.38. The summed E-state index contributed by atoms with van der Waals surface area (Å²) in [6.07, 6.45) is 8.80. The van der Waals surface area contributed by atoms with E-state index in [2.05, 4.69) is 31.1 Å². The Balaban J connectivity index is 2.56. The molecule has 0 spiro atoms. The molecule has 0 amide bonds. The van der Waals surface area contributed by atoms with Gasteiger partial charge in [0, 0.05) is 18.6 Å². The van der Waals surface area contributed by atoms with Crippen LogP contribution >= 0.6 is 0 Å². The third kappa shape index (κ3) is 5.95. The first kappa shape index (κ1) is 18.4. The highest BCUT2D eigenvalue weighted by molar-refractivity contribution is 5.80. The molecule has 0 radical (unpaired) electrons. The number of rotatable bonds is 7. The molecule has 0 aliphatic heterocycles. The van der Waals surface area contributed by atoms with Gasteiger partial charge in [-0.1, -0.05) is 25.7 Å². The first-order valence-corrected chi connectivity index (χ1v) is 8.45. The summed E-state index contributed by atoms with van der Waals surface area (Å²) in [6.45, 7) is 7.02. The lowest BCUT2D eigenvalue weighted by molar-refractivity contribution is -0.148. The van der Waals surface area contributed by atoms with E-state index in [0.717, 1.165) is 13.0 Å². The van der Waals surface area contributed by atoms with Gasteiger partial charge < -0.3 is 9.64 Å². The number of methoxy groups -OCH3 is 1. The molecule has 21 heavy (non-hydrogen) atoms. The molecule has 0 aromatic carbocycles. The molecule has 4 heteroatoms. The molecule has 0 bridgehead atoms. The second kappa shape index (κ2) is 8.74. The molecule has 1 rings (SSSR count). The summed E-state index contributed by atoms with van der Waals surface area (Å²) < 4.78 is 4.99. The van der Waals surface area contributed by atoms with Crippen LogP contribution < -0.4 is 5.32 Å². The Bertz CT molecular complexity index is 312. The zero-order valence-corrected chi connectivity index (χ0v) is 14.6. The molecule has 1 atom stereocenters. The molecular weight excluding hydrogens is 264 g/mol. The van der Waals surface area contributed by atoms with Gasteiger partial charge >= 0.3 is 5.97 Å². The molecule has 0 saturated heterocycles. The maximum absolute atomic E-state index is 12.1. The molecule has 1 aliphatic carbocycles. The fraction of sp³-hybridized carbons (Fsp3) is 0.941. The Morgan fingerprint density at radius 1 is 1.29 bits per heavy atom. The Labute approximate surface area is 130 Å². The topological polar surface area (TPSA) is 41.6 Å². The summed E-state index contributed by atoms with van der Waals surface area (Å²) >= 11 is 0. The Hall–Kier alpha value is -0.610. The van der Waals surface area contributed by atoms with Gasteiger partial charge in [-0.25, -0.2) is 0 Å². The van der Waals surface area contributed by atoms with Gasteiger partial charge in [-0.2, -0.15) is 0 Å². The molecule has 4 nitrogen and oxygen atoms in total. The van der Waals surface area contributed by atoms with Crippen molar-refractivity contribution in [1.82, 2.24) is 10.2 Å². The van der Waals surface area contributed by atoms with Crippen molar-refractivity contribution in [1.29, 1.82) is 0 Å². The predicted octanol–water partition coefficient (Wildman–Crippen LogP) is 2.96. The van der Waals surface area contributed by atoms with Crippen LogP contribution in [0.25, 0.3) is 0 Å². The number of nitrogens with one attached hydrogen (secondary N) is 1. The molecule has 0 heterocycles. The van der Waals surface area contributed by atoms with E-state index in [1.807, 2.05) is 6.92 Å². The zero-order chi connectivity index (χ0) is 15.9. The SMILES string of the molecule is COC(=O)C(C)(CCN(C)C1CCCCCC1)NC(C)C. The Morgan fingerprint density at radius 3 is 2.33 bits per heavy atom. The predicted molar refractivity (Wildman–Crippen MR) is 87.4 cm³/mol. The van der Waals surface area contributed by atoms with Crippen LogP contribution in [0.4, 0.5) is 0 Å². The third-order valence-corrected chi connectivity index (χ3v) is 4.66. The minimum Gasteiger partial charge on any atom is -0.468 e. The van der Waals surface area contributed by atoms with Gasteiger partial charge in [0.05, 0.1) is 7.11 Å². The largest absolute Gasteiger partial charge is 0.468 e. The van der Waals surface area contributed by atoms with E-state index in [-0.39, 0.29) is 12.0 Å². The minimum absolute atomic E-state index is 0.162. The van der Waals surface area contributed by atoms with E-state index < -0.39 is 5.54 Å². The van der Waals surface area contributed by atoms with E-state index in [1.165, 1.54) is 45.6 Å². The molecule has 0 aromatic rings. The van der Waals surface area contributed by atoms with Gasteiger partial charge in [0.15, 0.2) is 0 Å². The van der Waals surface area contributed by atoms with E-state index in [0.29, 0.717) is 6.04 Å². The molecule has 1 aliphatic rings. The lowest BCUT2D eigenvalue weighted by Crippen LogP contribution is -2.54. The zero-order valence-electron chi connectivity index (χ0n) is 14.6. The number of carbonyl (C=O) groups excluding carboxylic acids is 1. The van der Waals surface area contributed by atoms with Crippen molar-refractivity contribution < 1.29 is 9.53 Å². The number of carbonyl (C=O) groups is 1. The smallest absolute Gasteiger partial charge is 0.325 e. The summed E-state index contributed by atoms with van der Waals surface area (Å²) in [7, 11) is 3.67. The quantitative estimate of drug-likeness (QED) is 0.579. The molecular formula is C17H34N2O2. The van der Waals surface area contributed by atoms with Crippen molar-refractivity contribution in [3.05, 3.63) is 0 Å². The van der Waals surface area contributed by atoms with Crippen molar-refractivity contribution in [2.24, 2.45) is 0 Å². The van der Waals surface area contributed by atoms with Gasteiger partial charge in [0.2, 0.25) is 0 Å². The fourth-order valence-corrected chi connectivity index (χ4v) is 3.38. The van der Waals surface area contributed by atoms with Gasteiger partial charge in [0.25, 0.3) is 0 Å². The van der Waals surface area contributed by atoms with E-state index in [9.17, 15) is 4.79 Å². The minimum atomic E-state index is -0.595. The van der Waals surface area contributed by atoms with Crippen molar-refractivity contribution in [2.75, 3.05) is 20.7 Å². The lowest BCUT2D eigenvalue weighted by atomic mass is 9.95. The Kier molecular flexibility index (Phi) is 7.67. The average molecular weight is 298 g/mol. The number of hydrogen-bond donors (Lipinski definition) is 1. The van der Waals surface area contributed by atoms with Gasteiger partial charge in [-0.05, 0) is 47.1 Å². The van der Waals surface area contributed by atoms with Crippen LogP contribution in [0.1, 0.15) is 65.7 Å². The summed E-state index contributed by atoms with van der Waals surface area (Å²) in [5, 5.41) is 3.38. The van der Waals surface area contributed by atoms with Crippen LogP contribution in [0, 0.1) is 0 Å². The lowest BCUT2D eigenvalue weighted by Gasteiger charge is -2.34. The second-order valence-electron chi connectivity index (χ2n) is 7.00. The van der Waals surface area contributed by atoms with Crippen LogP contribution in [-0.4, -0.2) is 49.2 Å². The number of esters is 1. The van der Waals surface area contributed by atoms with Gasteiger partial charge in [0.1, 0.15) is 5.54 Å². The highest BCUT2D eigenvalue weighted by atomic mass is 16.5. The Morgan fingerprint density at radius 2 is 1.86 bits per heavy atom. The second-order valence-corrected chi connectivity index (χ2v) is 7.00. The highest BCUT2D eigenvalue weighted by Crippen LogP contribution is 2.22. The monoisotopic (exact) mass is 298 g/mol. The van der Waals surface area contributed by atoms with Gasteiger partial charge in [-0.3, -0.25) is 10.1 Å². The van der Waals surface area contributed by atoms with Crippen LogP contribution in [0.2, 0.25) is 0 Å². The number of hydrogen-bond acceptors (Lipinski definition) is 4. The van der Waals surface area contributed by atoms with Crippen molar-refractivity contribution in [3.63, 3.8) is 0 Å². The van der Waals surface area contributed by atoms with E-state index >= 15 is 0 Å². The first-order chi connectivity index (χ1) is 9.89. The number of nitrogens with zero attached hydrogens (tertiary/aromatic N) is 1. The number of ether oxygens (including phenoxy) is 1. The summed E-state index contributed by atoms with van der Waals surface area (Å²) in [4.78, 5) is 14.5. The van der Waals surface area contributed by atoms with Crippen LogP contribution in [-0.2, 0) is 9.53 Å². The van der Waals surface area contributed by atoms with E-state index in [1.54, 1.807) is 0 Å². The maximum Gasteiger partial charge on any atom is 0.325 e. The summed E-state index contributed by atoms with van der Waals surface area (Å²) in [5.74, 6) is -0.162. The van der Waals surface area contributed by atoms with Gasteiger partial charge in [-0.15, -0.1) is 0 Å². The standard InChI is InChI=1S/C17H34N2O2/c1-14(2)18-17(3,16(20)21-5)12-13-19(4)15-10-8-6-7-9-11-15/h14-15,18H,6-13H2,1-5H3.